The molecule has 0 aromatic heterocycles. The van der Waals surface area contributed by atoms with Crippen molar-refractivity contribution in [3.63, 3.8) is 0 Å². The molecule has 2 aromatic rings. The standard InChI is InChI=1S/C20H25I2O6P/c1-5-20(6-2,29(24,25)26)28-14-10-16(21)19(17(22)11-14)27-13-7-8-18(23)15(9-13)12(3)4/h7-12,23H,5-6H2,1-4H3,(H2,24,25,26). The van der Waals surface area contributed by atoms with Gasteiger partial charge in [-0.3, -0.25) is 4.57 Å². The molecule has 0 unspecified atom stereocenters. The van der Waals surface area contributed by atoms with Crippen LogP contribution in [0.4, 0.5) is 0 Å². The molecule has 0 aliphatic carbocycles. The van der Waals surface area contributed by atoms with Crippen molar-refractivity contribution >= 4 is 52.8 Å². The third-order valence-corrected chi connectivity index (χ3v) is 8.14. The minimum atomic E-state index is -4.47. The van der Waals surface area contributed by atoms with Crippen molar-refractivity contribution in [3.05, 3.63) is 43.0 Å². The van der Waals surface area contributed by atoms with Gasteiger partial charge in [0.1, 0.15) is 17.2 Å². The van der Waals surface area contributed by atoms with Crippen molar-refractivity contribution in [1.29, 1.82) is 0 Å². The third-order valence-electron chi connectivity index (χ3n) is 4.76. The summed E-state index contributed by atoms with van der Waals surface area (Å²) < 4.78 is 25.4. The summed E-state index contributed by atoms with van der Waals surface area (Å²) in [6, 6.07) is 8.53. The molecule has 6 nitrogen and oxygen atoms in total. The molecule has 2 aromatic carbocycles. The molecular weight excluding hydrogens is 621 g/mol. The first-order chi connectivity index (χ1) is 13.4. The van der Waals surface area contributed by atoms with Crippen molar-refractivity contribution in [2.75, 3.05) is 0 Å². The lowest BCUT2D eigenvalue weighted by molar-refractivity contribution is 0.108. The molecule has 0 bridgehead atoms. The minimum Gasteiger partial charge on any atom is -0.508 e. The van der Waals surface area contributed by atoms with Crippen LogP contribution in [0.3, 0.4) is 0 Å². The van der Waals surface area contributed by atoms with Gasteiger partial charge in [0.05, 0.1) is 7.14 Å². The van der Waals surface area contributed by atoms with Gasteiger partial charge in [-0.05, 0) is 94.3 Å². The quantitative estimate of drug-likeness (QED) is 0.222. The van der Waals surface area contributed by atoms with Crippen LogP contribution in [0.1, 0.15) is 52.0 Å². The lowest BCUT2D eigenvalue weighted by Crippen LogP contribution is -2.34. The molecule has 0 heterocycles. The Labute approximate surface area is 198 Å². The van der Waals surface area contributed by atoms with E-state index in [2.05, 4.69) is 45.2 Å². The average molecular weight is 646 g/mol. The second-order valence-electron chi connectivity index (χ2n) is 6.99. The Morgan fingerprint density at radius 1 is 1.03 bits per heavy atom. The van der Waals surface area contributed by atoms with Crippen LogP contribution in [0.15, 0.2) is 30.3 Å². The maximum atomic E-state index is 12.0. The van der Waals surface area contributed by atoms with Crippen molar-refractivity contribution in [2.24, 2.45) is 0 Å². The molecule has 3 N–H and O–H groups in total. The minimum absolute atomic E-state index is 0.149. The highest BCUT2D eigenvalue weighted by atomic mass is 127. The maximum absolute atomic E-state index is 12.0. The van der Waals surface area contributed by atoms with E-state index in [0.29, 0.717) is 17.2 Å². The number of phenols is 1. The van der Waals surface area contributed by atoms with Gasteiger partial charge in [0.15, 0.2) is 5.75 Å². The fourth-order valence-corrected chi connectivity index (χ4v) is 5.93. The molecule has 160 valence electrons. The number of phenolic OH excluding ortho intramolecular Hbond substituents is 1. The van der Waals surface area contributed by atoms with Gasteiger partial charge >= 0.3 is 7.60 Å². The summed E-state index contributed by atoms with van der Waals surface area (Å²) in [5.74, 6) is 1.98. The molecule has 9 heteroatoms. The number of ether oxygens (including phenoxy) is 2. The van der Waals surface area contributed by atoms with Crippen molar-refractivity contribution in [1.82, 2.24) is 0 Å². The smallest absolute Gasteiger partial charge is 0.368 e. The molecule has 0 atom stereocenters. The van der Waals surface area contributed by atoms with Crippen LogP contribution in [0.25, 0.3) is 0 Å². The highest BCUT2D eigenvalue weighted by Gasteiger charge is 2.46. The Hall–Kier alpha value is -0.550. The highest BCUT2D eigenvalue weighted by molar-refractivity contribution is 14.1. The van der Waals surface area contributed by atoms with E-state index in [1.807, 2.05) is 19.9 Å². The molecule has 2 rings (SSSR count). The summed E-state index contributed by atoms with van der Waals surface area (Å²) in [7, 11) is -4.47. The first-order valence-electron chi connectivity index (χ1n) is 9.18. The molecule has 0 aliphatic rings. The van der Waals surface area contributed by atoms with E-state index in [1.54, 1.807) is 38.1 Å². The third kappa shape index (κ3) is 5.58. The molecule has 0 aliphatic heterocycles. The van der Waals surface area contributed by atoms with Crippen molar-refractivity contribution in [3.8, 4) is 23.0 Å². The summed E-state index contributed by atoms with van der Waals surface area (Å²) in [6.07, 6.45) is 0.370. The zero-order valence-corrected chi connectivity index (χ0v) is 21.9. The van der Waals surface area contributed by atoms with Crippen molar-refractivity contribution < 1.29 is 28.9 Å². The number of hydrogen-bond donors (Lipinski definition) is 3. The first kappa shape index (κ1) is 24.7. The number of aromatic hydroxyl groups is 1. The Kier molecular flexibility index (Phi) is 8.28. The lowest BCUT2D eigenvalue weighted by atomic mass is 10.0. The Morgan fingerprint density at radius 2 is 1.59 bits per heavy atom. The van der Waals surface area contributed by atoms with E-state index in [9.17, 15) is 19.5 Å². The van der Waals surface area contributed by atoms with Gasteiger partial charge in [-0.15, -0.1) is 0 Å². The highest BCUT2D eigenvalue weighted by Crippen LogP contribution is 2.55. The fourth-order valence-electron chi connectivity index (χ4n) is 2.95. The van der Waals surface area contributed by atoms with Gasteiger partial charge in [0, 0.05) is 5.56 Å². The molecule has 0 amide bonds. The molecule has 0 spiro atoms. The topological polar surface area (TPSA) is 96.2 Å². The summed E-state index contributed by atoms with van der Waals surface area (Å²) in [5, 5.41) is 8.45. The molecule has 0 radical (unpaired) electrons. The van der Waals surface area contributed by atoms with Crippen molar-refractivity contribution in [2.45, 2.75) is 51.8 Å². The van der Waals surface area contributed by atoms with E-state index in [1.165, 1.54) is 0 Å². The zero-order valence-electron chi connectivity index (χ0n) is 16.6. The molecular formula is C20H25I2O6P. The van der Waals surface area contributed by atoms with E-state index in [4.69, 9.17) is 9.47 Å². The van der Waals surface area contributed by atoms with Crippen LogP contribution < -0.4 is 9.47 Å². The molecule has 0 saturated carbocycles. The Morgan fingerprint density at radius 3 is 2.03 bits per heavy atom. The van der Waals surface area contributed by atoms with Gasteiger partial charge in [0.2, 0.25) is 5.34 Å². The first-order valence-corrected chi connectivity index (χ1v) is 13.0. The predicted molar refractivity (Wildman–Crippen MR) is 130 cm³/mol. The number of halogens is 2. The van der Waals surface area contributed by atoms with Gasteiger partial charge in [-0.25, -0.2) is 0 Å². The van der Waals surface area contributed by atoms with Gasteiger partial charge < -0.3 is 24.4 Å². The lowest BCUT2D eigenvalue weighted by Gasteiger charge is -2.33. The fraction of sp³-hybridized carbons (Fsp3) is 0.400. The van der Waals surface area contributed by atoms with Gasteiger partial charge in [-0.2, -0.15) is 0 Å². The van der Waals surface area contributed by atoms with E-state index < -0.39 is 12.9 Å². The summed E-state index contributed by atoms with van der Waals surface area (Å²) in [5.41, 5.74) is 0.796. The zero-order chi connectivity index (χ0) is 22.0. The molecule has 0 saturated heterocycles. The molecule has 29 heavy (non-hydrogen) atoms. The summed E-state index contributed by atoms with van der Waals surface area (Å²) >= 11 is 4.22. The molecule has 0 fully saturated rings. The number of hydrogen-bond acceptors (Lipinski definition) is 4. The maximum Gasteiger partial charge on any atom is 0.368 e. The summed E-state index contributed by atoms with van der Waals surface area (Å²) in [6.45, 7) is 7.39. The Bertz CT molecular complexity index is 898. The SMILES string of the molecule is CCC(CC)(Oc1cc(I)c(Oc2ccc(O)c(C(C)C)c2)c(I)c1)P(=O)(O)O. The van der Waals surface area contributed by atoms with Crippen LogP contribution >= 0.6 is 52.8 Å². The van der Waals surface area contributed by atoms with Crippen LogP contribution in [0.5, 0.6) is 23.0 Å². The largest absolute Gasteiger partial charge is 0.508 e. The van der Waals surface area contributed by atoms with Crippen LogP contribution in [0.2, 0.25) is 0 Å². The average Bonchev–Trinajstić information content (AvgIpc) is 2.62. The van der Waals surface area contributed by atoms with Crippen LogP contribution in [-0.4, -0.2) is 20.2 Å². The number of benzene rings is 2. The monoisotopic (exact) mass is 646 g/mol. The van der Waals surface area contributed by atoms with Crippen LogP contribution in [-0.2, 0) is 4.57 Å². The van der Waals surface area contributed by atoms with E-state index in [0.717, 1.165) is 12.7 Å². The normalized spacial score (nSPS) is 12.3. The summed E-state index contributed by atoms with van der Waals surface area (Å²) in [4.78, 5) is 19.6. The Balaban J connectivity index is 2.37. The second-order valence-corrected chi connectivity index (χ2v) is 11.2. The van der Waals surface area contributed by atoms with Gasteiger partial charge in [0.25, 0.3) is 0 Å². The van der Waals surface area contributed by atoms with Crippen LogP contribution in [0, 0.1) is 7.14 Å². The number of rotatable bonds is 8. The van der Waals surface area contributed by atoms with E-state index in [-0.39, 0.29) is 24.5 Å². The van der Waals surface area contributed by atoms with E-state index >= 15 is 0 Å². The second kappa shape index (κ2) is 9.72. The van der Waals surface area contributed by atoms with Gasteiger partial charge in [-0.1, -0.05) is 27.7 Å². The predicted octanol–water partition coefficient (Wildman–Crippen LogP) is 6.59.